The molecule has 6 nitrogen and oxygen atoms in total. The maximum Gasteiger partial charge on any atom is 0.306 e. The SMILES string of the molecule is CS(=O)(=O)Oc1ccc(C2(c3cccc(-c4cccnc4F)c3)N=C(N)c3ccccc32)cc1. The van der Waals surface area contributed by atoms with Crippen LogP contribution in [-0.2, 0) is 15.7 Å². The summed E-state index contributed by atoms with van der Waals surface area (Å²) in [6, 6.07) is 25.1. The Balaban J connectivity index is 1.73. The summed E-state index contributed by atoms with van der Waals surface area (Å²) < 4.78 is 42.5. The van der Waals surface area contributed by atoms with E-state index in [4.69, 9.17) is 14.9 Å². The molecular weight excluding hydrogens is 453 g/mol. The number of fused-ring (bicyclic) bond motifs is 1. The minimum Gasteiger partial charge on any atom is -0.383 e. The Kier molecular flexibility index (Phi) is 5.17. The molecule has 5 rings (SSSR count). The molecule has 1 aromatic heterocycles. The van der Waals surface area contributed by atoms with Crippen molar-refractivity contribution in [2.75, 3.05) is 6.26 Å². The van der Waals surface area contributed by atoms with Gasteiger partial charge in [0.25, 0.3) is 0 Å². The molecule has 4 aromatic rings. The molecule has 0 saturated heterocycles. The Morgan fingerprint density at radius 3 is 2.35 bits per heavy atom. The van der Waals surface area contributed by atoms with Gasteiger partial charge in [-0.15, -0.1) is 0 Å². The van der Waals surface area contributed by atoms with Crippen LogP contribution in [0.4, 0.5) is 4.39 Å². The van der Waals surface area contributed by atoms with Crippen LogP contribution in [0.2, 0.25) is 0 Å². The average Bonchev–Trinajstić information content (AvgIpc) is 3.13. The van der Waals surface area contributed by atoms with Gasteiger partial charge < -0.3 is 9.92 Å². The summed E-state index contributed by atoms with van der Waals surface area (Å²) in [5, 5.41) is 0. The van der Waals surface area contributed by atoms with E-state index in [0.717, 1.165) is 28.5 Å². The number of amidine groups is 1. The molecule has 3 aromatic carbocycles. The van der Waals surface area contributed by atoms with E-state index in [1.165, 1.54) is 6.20 Å². The molecule has 8 heteroatoms. The van der Waals surface area contributed by atoms with Crippen molar-refractivity contribution in [2.45, 2.75) is 5.54 Å². The second-order valence-electron chi connectivity index (χ2n) is 7.99. The number of halogens is 1. The third-order valence-corrected chi connectivity index (χ3v) is 6.25. The molecule has 0 radical (unpaired) electrons. The fraction of sp³-hybridized carbons (Fsp3) is 0.0769. The molecule has 2 heterocycles. The summed E-state index contributed by atoms with van der Waals surface area (Å²) in [5.41, 5.74) is 9.57. The fourth-order valence-corrected chi connectivity index (χ4v) is 4.83. The highest BCUT2D eigenvalue weighted by atomic mass is 32.2. The third-order valence-electron chi connectivity index (χ3n) is 5.75. The molecule has 1 atom stereocenters. The van der Waals surface area contributed by atoms with Crippen LogP contribution in [0.5, 0.6) is 5.75 Å². The second kappa shape index (κ2) is 8.07. The molecule has 0 spiro atoms. The lowest BCUT2D eigenvalue weighted by molar-refractivity contribution is 0.492. The van der Waals surface area contributed by atoms with Crippen LogP contribution in [0.3, 0.4) is 0 Å². The van der Waals surface area contributed by atoms with Gasteiger partial charge in [-0.25, -0.2) is 9.98 Å². The van der Waals surface area contributed by atoms with Crippen molar-refractivity contribution in [3.8, 4) is 16.9 Å². The van der Waals surface area contributed by atoms with Crippen LogP contribution in [-0.4, -0.2) is 25.5 Å². The molecule has 0 aliphatic carbocycles. The first kappa shape index (κ1) is 21.8. The molecule has 170 valence electrons. The Labute approximate surface area is 196 Å². The minimum atomic E-state index is -3.66. The van der Waals surface area contributed by atoms with Gasteiger partial charge in [0.15, 0.2) is 0 Å². The van der Waals surface area contributed by atoms with Gasteiger partial charge in [-0.2, -0.15) is 12.8 Å². The number of nitrogens with two attached hydrogens (primary N) is 1. The largest absolute Gasteiger partial charge is 0.383 e. The predicted octanol–water partition coefficient (Wildman–Crippen LogP) is 4.24. The number of aliphatic imine (C=N–C) groups is 1. The molecule has 0 fully saturated rings. The molecule has 0 saturated carbocycles. The van der Waals surface area contributed by atoms with Gasteiger partial charge in [-0.05, 0) is 52.6 Å². The maximum absolute atomic E-state index is 14.5. The number of hydrogen-bond donors (Lipinski definition) is 1. The van der Waals surface area contributed by atoms with Crippen LogP contribution in [0, 0.1) is 5.95 Å². The number of pyridine rings is 1. The normalized spacial score (nSPS) is 17.2. The quantitative estimate of drug-likeness (QED) is 0.346. The average molecular weight is 474 g/mol. The summed E-state index contributed by atoms with van der Waals surface area (Å²) in [6.07, 6.45) is 2.40. The Morgan fingerprint density at radius 1 is 0.882 bits per heavy atom. The zero-order chi connectivity index (χ0) is 23.9. The minimum absolute atomic E-state index is 0.191. The van der Waals surface area contributed by atoms with Crippen LogP contribution >= 0.6 is 0 Å². The van der Waals surface area contributed by atoms with Crippen molar-refractivity contribution in [3.63, 3.8) is 0 Å². The molecule has 34 heavy (non-hydrogen) atoms. The van der Waals surface area contributed by atoms with Gasteiger partial charge in [0.05, 0.1) is 6.26 Å². The van der Waals surface area contributed by atoms with E-state index in [-0.39, 0.29) is 5.75 Å². The molecular formula is C26H20FN3O3S. The monoisotopic (exact) mass is 473 g/mol. The van der Waals surface area contributed by atoms with Gasteiger partial charge in [0.2, 0.25) is 5.95 Å². The van der Waals surface area contributed by atoms with Crippen molar-refractivity contribution in [1.29, 1.82) is 0 Å². The van der Waals surface area contributed by atoms with Gasteiger partial charge in [-0.1, -0.05) is 54.6 Å². The van der Waals surface area contributed by atoms with Crippen molar-refractivity contribution in [1.82, 2.24) is 4.98 Å². The number of aromatic nitrogens is 1. The number of benzene rings is 3. The van der Waals surface area contributed by atoms with Gasteiger partial charge in [0, 0.05) is 17.3 Å². The second-order valence-corrected chi connectivity index (χ2v) is 9.56. The van der Waals surface area contributed by atoms with E-state index >= 15 is 0 Å². The highest BCUT2D eigenvalue weighted by Crippen LogP contribution is 2.46. The topological polar surface area (TPSA) is 94.6 Å². The van der Waals surface area contributed by atoms with E-state index in [1.807, 2.05) is 48.5 Å². The summed E-state index contributed by atoms with van der Waals surface area (Å²) >= 11 is 0. The number of nitrogens with zero attached hydrogens (tertiary/aromatic N) is 2. The lowest BCUT2D eigenvalue weighted by Gasteiger charge is -2.29. The standard InChI is InChI=1S/C26H20FN3O3S/c1-34(31,32)33-20-13-11-18(12-14-20)26(23-10-3-2-8-22(23)25(28)30-26)19-7-4-6-17(16-19)21-9-5-15-29-24(21)27/h2-16H,1H3,(H2,28,30). The van der Waals surface area contributed by atoms with E-state index in [9.17, 15) is 12.8 Å². The Bertz CT molecular complexity index is 1540. The van der Waals surface area contributed by atoms with Crippen molar-refractivity contribution in [3.05, 3.63) is 119 Å². The molecule has 1 aliphatic rings. The smallest absolute Gasteiger partial charge is 0.306 e. The van der Waals surface area contributed by atoms with Crippen molar-refractivity contribution in [2.24, 2.45) is 10.7 Å². The number of rotatable bonds is 5. The Morgan fingerprint density at radius 2 is 1.62 bits per heavy atom. The molecule has 0 amide bonds. The highest BCUT2D eigenvalue weighted by Gasteiger charge is 2.42. The van der Waals surface area contributed by atoms with Gasteiger partial charge in [0.1, 0.15) is 17.1 Å². The molecule has 2 N–H and O–H groups in total. The summed E-state index contributed by atoms with van der Waals surface area (Å²) in [4.78, 5) is 8.68. The maximum atomic E-state index is 14.5. The Hall–Kier alpha value is -4.04. The first-order valence-corrected chi connectivity index (χ1v) is 12.3. The van der Waals surface area contributed by atoms with E-state index < -0.39 is 21.6 Å². The van der Waals surface area contributed by atoms with Crippen LogP contribution in [0.15, 0.2) is 96.1 Å². The fourth-order valence-electron chi connectivity index (χ4n) is 4.37. The van der Waals surface area contributed by atoms with E-state index in [1.54, 1.807) is 36.4 Å². The van der Waals surface area contributed by atoms with E-state index in [2.05, 4.69) is 4.98 Å². The molecule has 0 bridgehead atoms. The van der Waals surface area contributed by atoms with Gasteiger partial charge >= 0.3 is 10.1 Å². The van der Waals surface area contributed by atoms with Crippen LogP contribution in [0.25, 0.3) is 11.1 Å². The number of hydrogen-bond acceptors (Lipinski definition) is 6. The van der Waals surface area contributed by atoms with Crippen LogP contribution < -0.4 is 9.92 Å². The zero-order valence-electron chi connectivity index (χ0n) is 18.1. The van der Waals surface area contributed by atoms with Gasteiger partial charge in [-0.3, -0.25) is 0 Å². The van der Waals surface area contributed by atoms with Crippen LogP contribution in [0.1, 0.15) is 22.3 Å². The van der Waals surface area contributed by atoms with Crippen molar-refractivity contribution >= 4 is 16.0 Å². The molecule has 1 unspecified atom stereocenters. The first-order chi connectivity index (χ1) is 16.3. The lowest BCUT2D eigenvalue weighted by atomic mass is 9.77. The summed E-state index contributed by atoms with van der Waals surface area (Å²) in [6.45, 7) is 0. The highest BCUT2D eigenvalue weighted by molar-refractivity contribution is 7.86. The lowest BCUT2D eigenvalue weighted by Crippen LogP contribution is -2.25. The predicted molar refractivity (Wildman–Crippen MR) is 129 cm³/mol. The zero-order valence-corrected chi connectivity index (χ0v) is 19.0. The first-order valence-electron chi connectivity index (χ1n) is 10.4. The van der Waals surface area contributed by atoms with Crippen molar-refractivity contribution < 1.29 is 17.0 Å². The van der Waals surface area contributed by atoms with E-state index in [0.29, 0.717) is 17.0 Å². The molecule has 1 aliphatic heterocycles. The summed E-state index contributed by atoms with van der Waals surface area (Å²) in [7, 11) is -3.66. The third kappa shape index (κ3) is 3.72. The summed E-state index contributed by atoms with van der Waals surface area (Å²) in [5.74, 6) is 0.00616.